The molecule has 1 saturated heterocycles. The van der Waals surface area contributed by atoms with Crippen LogP contribution in [-0.4, -0.2) is 52.7 Å². The van der Waals surface area contributed by atoms with Crippen molar-refractivity contribution in [1.82, 2.24) is 0 Å². The Bertz CT molecular complexity index is 447. The summed E-state index contributed by atoms with van der Waals surface area (Å²) in [5.74, 6) is 1.81. The zero-order valence-corrected chi connectivity index (χ0v) is 11.8. The number of benzene rings is 1. The molecule has 5 heteroatoms. The number of anilines is 1. The minimum Gasteiger partial charge on any atom is -0.491 e. The van der Waals surface area contributed by atoms with Crippen LogP contribution < -0.4 is 14.4 Å². The number of hydrogen-bond donors (Lipinski definition) is 0. The average molecular weight is 279 g/mol. The predicted octanol–water partition coefficient (Wildman–Crippen LogP) is 1.70. The summed E-state index contributed by atoms with van der Waals surface area (Å²) in [7, 11) is 1.74. The molecule has 1 atom stereocenters. The van der Waals surface area contributed by atoms with E-state index >= 15 is 0 Å². The third-order valence-corrected chi connectivity index (χ3v) is 3.50. The Kier molecular flexibility index (Phi) is 4.28. The minimum absolute atomic E-state index is 0.278. The summed E-state index contributed by atoms with van der Waals surface area (Å²) >= 11 is 0. The van der Waals surface area contributed by atoms with Crippen LogP contribution in [0, 0.1) is 0 Å². The van der Waals surface area contributed by atoms with Gasteiger partial charge in [-0.2, -0.15) is 0 Å². The second-order valence-electron chi connectivity index (χ2n) is 5.08. The largest absolute Gasteiger partial charge is 0.491 e. The number of epoxide rings is 1. The second kappa shape index (κ2) is 6.33. The van der Waals surface area contributed by atoms with E-state index in [4.69, 9.17) is 18.9 Å². The summed E-state index contributed by atoms with van der Waals surface area (Å²) in [4.78, 5) is 2.33. The van der Waals surface area contributed by atoms with Gasteiger partial charge in [-0.15, -0.1) is 0 Å². The summed E-state index contributed by atoms with van der Waals surface area (Å²) in [5, 5.41) is 0. The van der Waals surface area contributed by atoms with Gasteiger partial charge in [0.15, 0.2) is 0 Å². The number of nitrogens with zero attached hydrogens (tertiary/aromatic N) is 1. The van der Waals surface area contributed by atoms with E-state index in [0.29, 0.717) is 6.61 Å². The molecule has 0 aliphatic carbocycles. The quantitative estimate of drug-likeness (QED) is 0.561. The van der Waals surface area contributed by atoms with Crippen molar-refractivity contribution in [3.05, 3.63) is 18.2 Å². The molecule has 3 rings (SSSR count). The molecule has 0 amide bonds. The van der Waals surface area contributed by atoms with Crippen LogP contribution in [0.4, 0.5) is 5.69 Å². The first kappa shape index (κ1) is 13.5. The molecule has 2 aliphatic rings. The average Bonchev–Trinajstić information content (AvgIpc) is 3.30. The van der Waals surface area contributed by atoms with Crippen LogP contribution in [0.1, 0.15) is 6.42 Å². The first-order chi connectivity index (χ1) is 9.86. The van der Waals surface area contributed by atoms with Crippen molar-refractivity contribution in [2.24, 2.45) is 0 Å². The van der Waals surface area contributed by atoms with E-state index in [1.807, 2.05) is 12.1 Å². The van der Waals surface area contributed by atoms with E-state index in [1.165, 1.54) is 0 Å². The van der Waals surface area contributed by atoms with Gasteiger partial charge in [-0.1, -0.05) is 0 Å². The number of fused-ring (bicyclic) bond motifs is 1. The molecule has 0 saturated carbocycles. The lowest BCUT2D eigenvalue weighted by molar-refractivity contribution is 0.195. The highest BCUT2D eigenvalue weighted by Gasteiger charge is 2.24. The molecule has 2 aliphatic heterocycles. The summed E-state index contributed by atoms with van der Waals surface area (Å²) in [6, 6.07) is 6.00. The molecular formula is C15H21NO4. The molecule has 1 unspecified atom stereocenters. The fourth-order valence-corrected chi connectivity index (χ4v) is 2.33. The molecule has 0 N–H and O–H groups in total. The van der Waals surface area contributed by atoms with Gasteiger partial charge in [0.25, 0.3) is 0 Å². The van der Waals surface area contributed by atoms with Crippen molar-refractivity contribution < 1.29 is 18.9 Å². The Morgan fingerprint density at radius 2 is 2.30 bits per heavy atom. The first-order valence-electron chi connectivity index (χ1n) is 7.12. The van der Waals surface area contributed by atoms with Crippen molar-refractivity contribution in [2.45, 2.75) is 12.5 Å². The minimum atomic E-state index is 0.278. The molecule has 0 aromatic heterocycles. The van der Waals surface area contributed by atoms with Crippen molar-refractivity contribution >= 4 is 5.69 Å². The van der Waals surface area contributed by atoms with Gasteiger partial charge < -0.3 is 23.8 Å². The second-order valence-corrected chi connectivity index (χ2v) is 5.08. The van der Waals surface area contributed by atoms with Gasteiger partial charge in [0.2, 0.25) is 0 Å². The van der Waals surface area contributed by atoms with Crippen LogP contribution >= 0.6 is 0 Å². The standard InChI is InChI=1S/C15H21NO4/c1-17-7-2-5-16-6-8-18-15-4-3-12(9-14(15)16)19-10-13-11-20-13/h3-4,9,13H,2,5-8,10-11H2,1H3. The number of ether oxygens (including phenoxy) is 4. The van der Waals surface area contributed by atoms with Crippen LogP contribution in [0.3, 0.4) is 0 Å². The molecule has 0 bridgehead atoms. The lowest BCUT2D eigenvalue weighted by Crippen LogP contribution is -2.33. The van der Waals surface area contributed by atoms with Gasteiger partial charge in [-0.05, 0) is 18.6 Å². The van der Waals surface area contributed by atoms with Crippen molar-refractivity contribution in [2.75, 3.05) is 51.5 Å². The smallest absolute Gasteiger partial charge is 0.142 e. The Labute approximate surface area is 119 Å². The molecule has 1 aromatic carbocycles. The molecule has 0 spiro atoms. The van der Waals surface area contributed by atoms with Gasteiger partial charge in [-0.25, -0.2) is 0 Å². The van der Waals surface area contributed by atoms with Crippen molar-refractivity contribution in [3.8, 4) is 11.5 Å². The SMILES string of the molecule is COCCCN1CCOc2ccc(OCC3CO3)cc21. The Balaban J connectivity index is 1.66. The highest BCUT2D eigenvalue weighted by Crippen LogP contribution is 2.35. The molecule has 0 radical (unpaired) electrons. The third-order valence-electron chi connectivity index (χ3n) is 3.50. The maximum Gasteiger partial charge on any atom is 0.142 e. The van der Waals surface area contributed by atoms with Crippen molar-refractivity contribution in [3.63, 3.8) is 0 Å². The topological polar surface area (TPSA) is 43.5 Å². The molecule has 1 fully saturated rings. The van der Waals surface area contributed by atoms with Gasteiger partial charge >= 0.3 is 0 Å². The van der Waals surface area contributed by atoms with E-state index in [0.717, 1.165) is 56.5 Å². The van der Waals surface area contributed by atoms with E-state index < -0.39 is 0 Å². The van der Waals surface area contributed by atoms with Gasteiger partial charge in [0.1, 0.15) is 30.8 Å². The zero-order valence-electron chi connectivity index (χ0n) is 11.8. The maximum atomic E-state index is 5.74. The van der Waals surface area contributed by atoms with Gasteiger partial charge in [-0.3, -0.25) is 0 Å². The monoisotopic (exact) mass is 279 g/mol. The molecule has 110 valence electrons. The highest BCUT2D eigenvalue weighted by atomic mass is 16.6. The van der Waals surface area contributed by atoms with E-state index in [-0.39, 0.29) is 6.10 Å². The lowest BCUT2D eigenvalue weighted by Gasteiger charge is -2.31. The van der Waals surface area contributed by atoms with E-state index in [9.17, 15) is 0 Å². The summed E-state index contributed by atoms with van der Waals surface area (Å²) in [6.45, 7) is 4.84. The van der Waals surface area contributed by atoms with Gasteiger partial charge in [0, 0.05) is 26.3 Å². The summed E-state index contributed by atoms with van der Waals surface area (Å²) in [5.41, 5.74) is 1.11. The third kappa shape index (κ3) is 3.35. The van der Waals surface area contributed by atoms with Gasteiger partial charge in [0.05, 0.1) is 18.8 Å². The molecule has 2 heterocycles. The fourth-order valence-electron chi connectivity index (χ4n) is 2.33. The first-order valence-corrected chi connectivity index (χ1v) is 7.12. The molecule has 1 aromatic rings. The van der Waals surface area contributed by atoms with Crippen LogP contribution in [0.25, 0.3) is 0 Å². The van der Waals surface area contributed by atoms with E-state index in [2.05, 4.69) is 11.0 Å². The molecular weight excluding hydrogens is 258 g/mol. The van der Waals surface area contributed by atoms with E-state index in [1.54, 1.807) is 7.11 Å². The van der Waals surface area contributed by atoms with Crippen LogP contribution in [0.5, 0.6) is 11.5 Å². The summed E-state index contributed by atoms with van der Waals surface area (Å²) in [6.07, 6.45) is 1.29. The maximum absolute atomic E-state index is 5.74. The molecule has 5 nitrogen and oxygen atoms in total. The predicted molar refractivity (Wildman–Crippen MR) is 75.9 cm³/mol. The lowest BCUT2D eigenvalue weighted by atomic mass is 10.2. The molecule has 20 heavy (non-hydrogen) atoms. The number of hydrogen-bond acceptors (Lipinski definition) is 5. The van der Waals surface area contributed by atoms with Crippen LogP contribution in [0.15, 0.2) is 18.2 Å². The highest BCUT2D eigenvalue weighted by molar-refractivity contribution is 5.62. The van der Waals surface area contributed by atoms with Crippen LogP contribution in [0.2, 0.25) is 0 Å². The van der Waals surface area contributed by atoms with Crippen molar-refractivity contribution in [1.29, 1.82) is 0 Å². The number of methoxy groups -OCH3 is 1. The van der Waals surface area contributed by atoms with Crippen LogP contribution in [-0.2, 0) is 9.47 Å². The Hall–Kier alpha value is -1.46. The Morgan fingerprint density at radius 3 is 3.10 bits per heavy atom. The summed E-state index contributed by atoms with van der Waals surface area (Å²) < 4.78 is 21.7. The Morgan fingerprint density at radius 1 is 1.40 bits per heavy atom. The fraction of sp³-hybridized carbons (Fsp3) is 0.600. The number of rotatable bonds is 7. The zero-order chi connectivity index (χ0) is 13.8. The normalized spacial score (nSPS) is 20.2.